The minimum atomic E-state index is -0.0595. The van der Waals surface area contributed by atoms with Crippen molar-refractivity contribution >= 4 is 45.2 Å². The lowest BCUT2D eigenvalue weighted by Crippen LogP contribution is -2.33. The summed E-state index contributed by atoms with van der Waals surface area (Å²) in [6.45, 7) is 2.10. The third kappa shape index (κ3) is 4.58. The van der Waals surface area contributed by atoms with Crippen molar-refractivity contribution in [2.75, 3.05) is 5.32 Å². The molecule has 2 heterocycles. The number of hydrogen-bond donors (Lipinski definition) is 2. The minimum absolute atomic E-state index is 0.0595. The summed E-state index contributed by atoms with van der Waals surface area (Å²) in [7, 11) is 0. The number of thiocarbonyl (C=S) groups is 1. The summed E-state index contributed by atoms with van der Waals surface area (Å²) < 4.78 is 1.64. The van der Waals surface area contributed by atoms with Crippen molar-refractivity contribution in [2.24, 2.45) is 0 Å². The second-order valence-corrected chi connectivity index (χ2v) is 6.87. The molecule has 0 aliphatic heterocycles. The molecule has 3 rings (SSSR count). The Labute approximate surface area is 154 Å². The van der Waals surface area contributed by atoms with Crippen LogP contribution in [0.3, 0.4) is 0 Å². The van der Waals surface area contributed by atoms with Gasteiger partial charge in [-0.15, -0.1) is 10.2 Å². The lowest BCUT2D eigenvalue weighted by atomic mass is 10.2. The van der Waals surface area contributed by atoms with Crippen LogP contribution in [0, 0.1) is 0 Å². The number of unbranched alkanes of at least 4 members (excludes halogenated alkanes) is 2. The highest BCUT2D eigenvalue weighted by Crippen LogP contribution is 2.26. The van der Waals surface area contributed by atoms with Gasteiger partial charge in [-0.2, -0.15) is 9.61 Å². The van der Waals surface area contributed by atoms with E-state index in [0.29, 0.717) is 11.5 Å². The highest BCUT2D eigenvalue weighted by molar-refractivity contribution is 7.80. The Kier molecular flexibility index (Phi) is 5.67. The summed E-state index contributed by atoms with van der Waals surface area (Å²) in [5.74, 6) is -0.0595. The van der Waals surface area contributed by atoms with Crippen molar-refractivity contribution < 1.29 is 4.79 Å². The predicted molar refractivity (Wildman–Crippen MR) is 103 cm³/mol. The van der Waals surface area contributed by atoms with Gasteiger partial charge >= 0.3 is 0 Å². The van der Waals surface area contributed by atoms with Crippen LogP contribution < -0.4 is 10.6 Å². The van der Waals surface area contributed by atoms with Crippen LogP contribution in [0.5, 0.6) is 0 Å². The molecule has 3 aromatic rings. The zero-order valence-electron chi connectivity index (χ0n) is 13.7. The molecule has 25 heavy (non-hydrogen) atoms. The third-order valence-corrected chi connectivity index (χ3v) is 4.68. The lowest BCUT2D eigenvalue weighted by molar-refractivity contribution is -0.119. The van der Waals surface area contributed by atoms with Crippen LogP contribution in [0.25, 0.3) is 15.5 Å². The number of benzene rings is 1. The van der Waals surface area contributed by atoms with Crippen LogP contribution in [-0.2, 0) is 4.79 Å². The highest BCUT2D eigenvalue weighted by Gasteiger charge is 2.09. The van der Waals surface area contributed by atoms with Gasteiger partial charge in [0.1, 0.15) is 11.3 Å². The molecule has 0 fully saturated rings. The Morgan fingerprint density at radius 2 is 2.24 bits per heavy atom. The van der Waals surface area contributed by atoms with Crippen molar-refractivity contribution in [1.82, 2.24) is 25.1 Å². The van der Waals surface area contributed by atoms with Gasteiger partial charge in [-0.1, -0.05) is 43.2 Å². The number of aromatic nitrogens is 4. The Morgan fingerprint density at radius 3 is 3.04 bits per heavy atom. The third-order valence-electron chi connectivity index (χ3n) is 3.51. The molecular weight excluding hydrogens is 356 g/mol. The van der Waals surface area contributed by atoms with E-state index in [4.69, 9.17) is 12.2 Å². The molecule has 0 atom stereocenters. The summed E-state index contributed by atoms with van der Waals surface area (Å²) in [5.41, 5.74) is 1.74. The minimum Gasteiger partial charge on any atom is -0.332 e. The molecule has 2 aromatic heterocycles. The van der Waals surface area contributed by atoms with Gasteiger partial charge in [0.25, 0.3) is 0 Å². The lowest BCUT2D eigenvalue weighted by Gasteiger charge is -2.10. The first kappa shape index (κ1) is 17.4. The smallest absolute Gasteiger partial charge is 0.234 e. The molecule has 0 saturated carbocycles. The Morgan fingerprint density at radius 1 is 1.36 bits per heavy atom. The fraction of sp³-hybridized carbons (Fsp3) is 0.312. The number of nitrogens with zero attached hydrogens (tertiary/aromatic N) is 4. The van der Waals surface area contributed by atoms with Gasteiger partial charge in [-0.25, -0.2) is 0 Å². The first-order chi connectivity index (χ1) is 12.2. The molecule has 0 unspecified atom stereocenters. The number of hydrogen-bond acceptors (Lipinski definition) is 6. The predicted octanol–water partition coefficient (Wildman–Crippen LogP) is 3.25. The van der Waals surface area contributed by atoms with Gasteiger partial charge in [0.2, 0.25) is 10.9 Å². The van der Waals surface area contributed by atoms with Crippen molar-refractivity contribution in [3.8, 4) is 10.6 Å². The van der Waals surface area contributed by atoms with E-state index >= 15 is 0 Å². The van der Waals surface area contributed by atoms with E-state index in [1.165, 1.54) is 11.3 Å². The van der Waals surface area contributed by atoms with E-state index in [0.717, 1.165) is 40.5 Å². The monoisotopic (exact) mass is 374 g/mol. The largest absolute Gasteiger partial charge is 0.332 e. The van der Waals surface area contributed by atoms with E-state index < -0.39 is 0 Å². The average molecular weight is 374 g/mol. The van der Waals surface area contributed by atoms with E-state index in [1.54, 1.807) is 10.8 Å². The zero-order chi connectivity index (χ0) is 17.6. The van der Waals surface area contributed by atoms with Crippen molar-refractivity contribution in [1.29, 1.82) is 0 Å². The molecule has 0 saturated heterocycles. The summed E-state index contributed by atoms with van der Waals surface area (Å²) in [6, 6.07) is 7.69. The number of anilines is 1. The first-order valence-corrected chi connectivity index (χ1v) is 9.26. The molecule has 9 heteroatoms. The van der Waals surface area contributed by atoms with Gasteiger partial charge in [0.15, 0.2) is 5.11 Å². The van der Waals surface area contributed by atoms with Crippen LogP contribution in [0.15, 0.2) is 30.6 Å². The van der Waals surface area contributed by atoms with Crippen molar-refractivity contribution in [3.05, 3.63) is 30.6 Å². The second-order valence-electron chi connectivity index (χ2n) is 5.51. The van der Waals surface area contributed by atoms with Crippen molar-refractivity contribution in [2.45, 2.75) is 32.6 Å². The number of amides is 1. The van der Waals surface area contributed by atoms with Gasteiger partial charge in [-0.05, 0) is 30.8 Å². The van der Waals surface area contributed by atoms with Crippen molar-refractivity contribution in [3.63, 3.8) is 0 Å². The summed E-state index contributed by atoms with van der Waals surface area (Å²) in [6.07, 6.45) is 5.06. The fourth-order valence-electron chi connectivity index (χ4n) is 2.29. The number of rotatable bonds is 6. The van der Waals surface area contributed by atoms with Crippen LogP contribution in [0.4, 0.5) is 5.69 Å². The molecule has 7 nitrogen and oxygen atoms in total. The standard InChI is InChI=1S/C16H18N6OS2/c1-2-3-4-8-13(23)19-15(24)18-12-7-5-6-11(9-12)14-21-22-10-17-20-16(22)25-14/h5-7,9-10H,2-4,8H2,1H3,(H2,18,19,23,24). The molecule has 0 aliphatic rings. The maximum atomic E-state index is 11.8. The van der Waals surface area contributed by atoms with Gasteiger partial charge in [-0.3, -0.25) is 4.79 Å². The maximum Gasteiger partial charge on any atom is 0.234 e. The molecule has 130 valence electrons. The van der Waals surface area contributed by atoms with E-state index in [2.05, 4.69) is 32.9 Å². The van der Waals surface area contributed by atoms with E-state index in [1.807, 2.05) is 24.3 Å². The van der Waals surface area contributed by atoms with Crippen LogP contribution in [0.1, 0.15) is 32.6 Å². The summed E-state index contributed by atoms with van der Waals surface area (Å²) in [5, 5.41) is 19.1. The zero-order valence-corrected chi connectivity index (χ0v) is 15.4. The van der Waals surface area contributed by atoms with Gasteiger partial charge < -0.3 is 10.6 Å². The molecule has 1 aromatic carbocycles. The van der Waals surface area contributed by atoms with Crippen LogP contribution >= 0.6 is 23.6 Å². The molecule has 0 spiro atoms. The Balaban J connectivity index is 1.62. The number of carbonyl (C=O) groups excluding carboxylic acids is 1. The van der Waals surface area contributed by atoms with E-state index in [9.17, 15) is 4.79 Å². The SMILES string of the molecule is CCCCCC(=O)NC(=S)Nc1cccc(-c2nn3cnnc3s2)c1. The van der Waals surface area contributed by atoms with E-state index in [-0.39, 0.29) is 5.91 Å². The number of nitrogens with one attached hydrogen (secondary N) is 2. The summed E-state index contributed by atoms with van der Waals surface area (Å²) >= 11 is 6.67. The second kappa shape index (κ2) is 8.13. The highest BCUT2D eigenvalue weighted by atomic mass is 32.1. The topological polar surface area (TPSA) is 84.2 Å². The van der Waals surface area contributed by atoms with Crippen LogP contribution in [0.2, 0.25) is 0 Å². The van der Waals surface area contributed by atoms with Crippen LogP contribution in [-0.4, -0.2) is 30.8 Å². The number of fused-ring (bicyclic) bond motifs is 1. The quantitative estimate of drug-likeness (QED) is 0.509. The number of carbonyl (C=O) groups is 1. The van der Waals surface area contributed by atoms with Gasteiger partial charge in [0, 0.05) is 17.7 Å². The van der Waals surface area contributed by atoms with Gasteiger partial charge in [0.05, 0.1) is 0 Å². The average Bonchev–Trinajstić information content (AvgIpc) is 3.16. The molecule has 0 aliphatic carbocycles. The maximum absolute atomic E-state index is 11.8. The molecule has 0 bridgehead atoms. The first-order valence-electron chi connectivity index (χ1n) is 8.04. The molecule has 1 amide bonds. The Hall–Kier alpha value is -2.39. The molecule has 0 radical (unpaired) electrons. The molecule has 2 N–H and O–H groups in total. The fourth-order valence-corrected chi connectivity index (χ4v) is 3.34. The normalized spacial score (nSPS) is 10.8. The Bertz CT molecular complexity index is 859. The molecular formula is C16H18N6OS2. The summed E-state index contributed by atoms with van der Waals surface area (Å²) in [4.78, 5) is 12.6.